The van der Waals surface area contributed by atoms with Crippen molar-refractivity contribution in [3.63, 3.8) is 0 Å². The number of hydrogen-bond donors (Lipinski definition) is 1. The number of nitrogens with two attached hydrogens (primary N) is 1. The van der Waals surface area contributed by atoms with Gasteiger partial charge in [-0.15, -0.1) is 0 Å². The van der Waals surface area contributed by atoms with E-state index in [1.54, 1.807) is 0 Å². The first kappa shape index (κ1) is 15.0. The summed E-state index contributed by atoms with van der Waals surface area (Å²) in [6, 6.07) is 0. The highest BCUT2D eigenvalue weighted by Gasteiger charge is 2.39. The quantitative estimate of drug-likeness (QED) is 0.721. The molecule has 0 saturated heterocycles. The minimum atomic E-state index is 0.295. The molecule has 102 valence electrons. The Bertz CT molecular complexity index is 213. The fourth-order valence-corrected chi connectivity index (χ4v) is 2.97. The highest BCUT2D eigenvalue weighted by atomic mass is 15.2. The Kier molecular flexibility index (Phi) is 5.46. The van der Waals surface area contributed by atoms with E-state index >= 15 is 0 Å². The van der Waals surface area contributed by atoms with Crippen LogP contribution < -0.4 is 5.73 Å². The van der Waals surface area contributed by atoms with Crippen LogP contribution in [0.1, 0.15) is 65.7 Å². The van der Waals surface area contributed by atoms with Crippen LogP contribution in [0.15, 0.2) is 0 Å². The van der Waals surface area contributed by atoms with E-state index in [4.69, 9.17) is 5.73 Å². The zero-order valence-corrected chi connectivity index (χ0v) is 12.4. The molecule has 0 aliphatic heterocycles. The van der Waals surface area contributed by atoms with Crippen molar-refractivity contribution >= 4 is 0 Å². The van der Waals surface area contributed by atoms with Crippen molar-refractivity contribution in [2.24, 2.45) is 11.1 Å². The van der Waals surface area contributed by atoms with Crippen molar-refractivity contribution in [1.82, 2.24) is 4.90 Å². The van der Waals surface area contributed by atoms with Gasteiger partial charge in [0.25, 0.3) is 0 Å². The minimum absolute atomic E-state index is 0.295. The molecule has 1 aliphatic rings. The van der Waals surface area contributed by atoms with E-state index in [1.165, 1.54) is 51.5 Å². The second kappa shape index (κ2) is 6.19. The molecule has 1 saturated carbocycles. The van der Waals surface area contributed by atoms with Gasteiger partial charge in [-0.1, -0.05) is 33.6 Å². The first-order valence-corrected chi connectivity index (χ1v) is 7.37. The fourth-order valence-electron chi connectivity index (χ4n) is 2.97. The lowest BCUT2D eigenvalue weighted by molar-refractivity contribution is 0.0406. The zero-order chi connectivity index (χ0) is 12.9. The van der Waals surface area contributed by atoms with Crippen molar-refractivity contribution in [2.45, 2.75) is 71.3 Å². The summed E-state index contributed by atoms with van der Waals surface area (Å²) in [4.78, 5) is 2.55. The van der Waals surface area contributed by atoms with Crippen LogP contribution in [0.3, 0.4) is 0 Å². The first-order valence-electron chi connectivity index (χ1n) is 7.37. The molecule has 0 spiro atoms. The Morgan fingerprint density at radius 1 is 1.06 bits per heavy atom. The summed E-state index contributed by atoms with van der Waals surface area (Å²) in [5.41, 5.74) is 6.92. The summed E-state index contributed by atoms with van der Waals surface area (Å²) in [6.45, 7) is 9.09. The molecule has 0 unspecified atom stereocenters. The van der Waals surface area contributed by atoms with Gasteiger partial charge in [-0.25, -0.2) is 0 Å². The molecule has 2 nitrogen and oxygen atoms in total. The number of likely N-dealkylation sites (N-methyl/N-ethyl adjacent to an activating group) is 1. The highest BCUT2D eigenvalue weighted by Crippen LogP contribution is 2.42. The van der Waals surface area contributed by atoms with Gasteiger partial charge in [0.1, 0.15) is 0 Å². The maximum atomic E-state index is 6.09. The molecule has 1 fully saturated rings. The Morgan fingerprint density at radius 3 is 2.12 bits per heavy atom. The summed E-state index contributed by atoms with van der Waals surface area (Å²) >= 11 is 0. The minimum Gasteiger partial charge on any atom is -0.329 e. The molecule has 0 aromatic heterocycles. The van der Waals surface area contributed by atoms with E-state index in [1.807, 2.05) is 0 Å². The third-order valence-corrected chi connectivity index (χ3v) is 4.82. The van der Waals surface area contributed by atoms with E-state index in [2.05, 4.69) is 32.7 Å². The molecule has 0 aromatic carbocycles. The molecule has 0 amide bonds. The van der Waals surface area contributed by atoms with Gasteiger partial charge in [0.05, 0.1) is 0 Å². The summed E-state index contributed by atoms with van der Waals surface area (Å²) < 4.78 is 0. The van der Waals surface area contributed by atoms with Gasteiger partial charge in [0.15, 0.2) is 0 Å². The SMILES string of the molecule is CCCCCN(C)C1(CN)CCC(C)(C)CC1. The van der Waals surface area contributed by atoms with Gasteiger partial charge in [0, 0.05) is 12.1 Å². The average molecular weight is 240 g/mol. The topological polar surface area (TPSA) is 29.3 Å². The molecule has 17 heavy (non-hydrogen) atoms. The molecule has 1 aliphatic carbocycles. The molecule has 0 bridgehead atoms. The maximum Gasteiger partial charge on any atom is 0.0329 e. The summed E-state index contributed by atoms with van der Waals surface area (Å²) in [6.07, 6.45) is 9.16. The molecule has 0 heterocycles. The summed E-state index contributed by atoms with van der Waals surface area (Å²) in [5, 5.41) is 0. The van der Waals surface area contributed by atoms with Gasteiger partial charge in [-0.2, -0.15) is 0 Å². The van der Waals surface area contributed by atoms with E-state index in [-0.39, 0.29) is 0 Å². The molecular weight excluding hydrogens is 208 g/mol. The zero-order valence-electron chi connectivity index (χ0n) is 12.4. The van der Waals surface area contributed by atoms with Crippen molar-refractivity contribution in [2.75, 3.05) is 20.1 Å². The van der Waals surface area contributed by atoms with Gasteiger partial charge in [-0.3, -0.25) is 4.90 Å². The number of hydrogen-bond acceptors (Lipinski definition) is 2. The van der Waals surface area contributed by atoms with Crippen molar-refractivity contribution in [1.29, 1.82) is 0 Å². The summed E-state index contributed by atoms with van der Waals surface area (Å²) in [5.74, 6) is 0. The van der Waals surface area contributed by atoms with Crippen molar-refractivity contribution in [3.05, 3.63) is 0 Å². The second-order valence-corrected chi connectivity index (χ2v) is 6.72. The Hall–Kier alpha value is -0.0800. The number of unbranched alkanes of at least 4 members (excludes halogenated alkanes) is 2. The van der Waals surface area contributed by atoms with Crippen LogP contribution in [-0.4, -0.2) is 30.6 Å². The smallest absolute Gasteiger partial charge is 0.0329 e. The predicted molar refractivity (Wildman–Crippen MR) is 76.2 cm³/mol. The van der Waals surface area contributed by atoms with Crippen molar-refractivity contribution < 1.29 is 0 Å². The predicted octanol–water partition coefficient (Wildman–Crippen LogP) is 3.41. The normalized spacial score (nSPS) is 22.9. The van der Waals surface area contributed by atoms with Crippen LogP contribution in [0.5, 0.6) is 0 Å². The van der Waals surface area contributed by atoms with E-state index < -0.39 is 0 Å². The van der Waals surface area contributed by atoms with E-state index in [0.717, 1.165) is 6.54 Å². The molecule has 2 heteroatoms. The lowest BCUT2D eigenvalue weighted by Gasteiger charge is -2.48. The van der Waals surface area contributed by atoms with Gasteiger partial charge in [-0.05, 0) is 51.1 Å². The Balaban J connectivity index is 2.51. The maximum absolute atomic E-state index is 6.09. The molecule has 2 N–H and O–H groups in total. The van der Waals surface area contributed by atoms with Crippen molar-refractivity contribution in [3.8, 4) is 0 Å². The van der Waals surface area contributed by atoms with Gasteiger partial charge >= 0.3 is 0 Å². The third-order valence-electron chi connectivity index (χ3n) is 4.82. The monoisotopic (exact) mass is 240 g/mol. The Morgan fingerprint density at radius 2 is 1.65 bits per heavy atom. The summed E-state index contributed by atoms with van der Waals surface area (Å²) in [7, 11) is 2.28. The standard InChI is InChI=1S/C15H32N2/c1-5-6-7-12-17(4)15(13-16)10-8-14(2,3)9-11-15/h5-13,16H2,1-4H3. The van der Waals surface area contributed by atoms with Crippen LogP contribution in [0.25, 0.3) is 0 Å². The molecule has 0 radical (unpaired) electrons. The van der Waals surface area contributed by atoms with Gasteiger partial charge < -0.3 is 5.73 Å². The Labute approximate surface area is 108 Å². The number of rotatable bonds is 6. The average Bonchev–Trinajstić information content (AvgIpc) is 2.30. The third kappa shape index (κ3) is 3.96. The largest absolute Gasteiger partial charge is 0.329 e. The molecule has 0 atom stereocenters. The van der Waals surface area contributed by atoms with Crippen LogP contribution >= 0.6 is 0 Å². The van der Waals surface area contributed by atoms with Crippen LogP contribution in [0.2, 0.25) is 0 Å². The lowest BCUT2D eigenvalue weighted by Crippen LogP contribution is -2.55. The van der Waals surface area contributed by atoms with Gasteiger partial charge in [0.2, 0.25) is 0 Å². The molecule has 1 rings (SSSR count). The second-order valence-electron chi connectivity index (χ2n) is 6.72. The molecule has 0 aromatic rings. The first-order chi connectivity index (χ1) is 7.96. The van der Waals surface area contributed by atoms with Crippen LogP contribution in [0.4, 0.5) is 0 Å². The molecular formula is C15H32N2. The van der Waals surface area contributed by atoms with E-state index in [9.17, 15) is 0 Å². The fraction of sp³-hybridized carbons (Fsp3) is 1.00. The number of nitrogens with zero attached hydrogens (tertiary/aromatic N) is 1. The van der Waals surface area contributed by atoms with Crippen LogP contribution in [-0.2, 0) is 0 Å². The van der Waals surface area contributed by atoms with E-state index in [0.29, 0.717) is 11.0 Å². The lowest BCUT2D eigenvalue weighted by atomic mass is 9.69. The highest BCUT2D eigenvalue weighted by molar-refractivity contribution is 4.96. The van der Waals surface area contributed by atoms with Crippen LogP contribution in [0, 0.1) is 5.41 Å².